The number of aromatic nitrogens is 3. The molecule has 2 aromatic heterocycles. The lowest BCUT2D eigenvalue weighted by Crippen LogP contribution is -1.99. The highest BCUT2D eigenvalue weighted by Crippen LogP contribution is 2.26. The normalized spacial score (nSPS) is 11.3. The van der Waals surface area contributed by atoms with Crippen LogP contribution < -0.4 is 5.73 Å². The van der Waals surface area contributed by atoms with Gasteiger partial charge < -0.3 is 5.73 Å². The van der Waals surface area contributed by atoms with E-state index >= 15 is 0 Å². The fraction of sp³-hybridized carbons (Fsp3) is 0.231. The number of hydrogen-bond donors (Lipinski definition) is 1. The molecule has 0 aliphatic carbocycles. The lowest BCUT2D eigenvalue weighted by atomic mass is 10.1. The second-order valence-corrected chi connectivity index (χ2v) is 5.18. The number of nitrogens with two attached hydrogens (primary N) is 1. The molecular formula is C13H14N4S. The molecule has 5 heteroatoms. The molecular weight excluding hydrogens is 244 g/mol. The molecule has 1 aromatic carbocycles. The molecule has 0 bridgehead atoms. The van der Waals surface area contributed by atoms with E-state index in [0.717, 1.165) is 16.2 Å². The minimum absolute atomic E-state index is 0.376. The number of benzene rings is 1. The van der Waals surface area contributed by atoms with Gasteiger partial charge in [0.05, 0.1) is 12.2 Å². The first-order valence-electron chi connectivity index (χ1n) is 5.80. The fourth-order valence-electron chi connectivity index (χ4n) is 1.91. The van der Waals surface area contributed by atoms with Gasteiger partial charge in [-0.2, -0.15) is 0 Å². The highest BCUT2D eigenvalue weighted by Gasteiger charge is 2.11. The van der Waals surface area contributed by atoms with Crippen LogP contribution in [0.4, 0.5) is 0 Å². The summed E-state index contributed by atoms with van der Waals surface area (Å²) in [6.07, 6.45) is 0. The number of aryl methyl sites for hydroxylation is 2. The maximum atomic E-state index is 5.57. The standard InChI is InChI=1S/C13H14N4S/c1-8-3-4-10(5-9(8)2)11-7-18-13-15-12(6-14)16-17(11)13/h3-5,7H,6,14H2,1-2H3. The van der Waals surface area contributed by atoms with E-state index in [-0.39, 0.29) is 0 Å². The van der Waals surface area contributed by atoms with Gasteiger partial charge in [-0.15, -0.1) is 16.4 Å². The van der Waals surface area contributed by atoms with E-state index in [2.05, 4.69) is 47.5 Å². The molecule has 3 aromatic rings. The van der Waals surface area contributed by atoms with Crippen LogP contribution in [-0.2, 0) is 6.54 Å². The van der Waals surface area contributed by atoms with E-state index in [1.54, 1.807) is 11.3 Å². The summed E-state index contributed by atoms with van der Waals surface area (Å²) in [4.78, 5) is 5.26. The Kier molecular flexibility index (Phi) is 2.65. The van der Waals surface area contributed by atoms with Crippen molar-refractivity contribution in [3.63, 3.8) is 0 Å². The zero-order chi connectivity index (χ0) is 12.7. The van der Waals surface area contributed by atoms with E-state index in [4.69, 9.17) is 5.73 Å². The maximum absolute atomic E-state index is 5.57. The number of rotatable bonds is 2. The predicted molar refractivity (Wildman–Crippen MR) is 73.7 cm³/mol. The van der Waals surface area contributed by atoms with Gasteiger partial charge in [0, 0.05) is 10.9 Å². The third-order valence-electron chi connectivity index (χ3n) is 3.11. The van der Waals surface area contributed by atoms with Crippen LogP contribution in [-0.4, -0.2) is 14.6 Å². The van der Waals surface area contributed by atoms with Crippen molar-refractivity contribution in [2.45, 2.75) is 20.4 Å². The maximum Gasteiger partial charge on any atom is 0.212 e. The van der Waals surface area contributed by atoms with Crippen molar-refractivity contribution in [1.82, 2.24) is 14.6 Å². The summed E-state index contributed by atoms with van der Waals surface area (Å²) < 4.78 is 1.87. The van der Waals surface area contributed by atoms with Crippen molar-refractivity contribution in [2.24, 2.45) is 5.73 Å². The number of thiazole rings is 1. The summed E-state index contributed by atoms with van der Waals surface area (Å²) in [5.41, 5.74) is 10.4. The molecule has 0 radical (unpaired) electrons. The smallest absolute Gasteiger partial charge is 0.212 e. The molecule has 2 heterocycles. The largest absolute Gasteiger partial charge is 0.324 e. The van der Waals surface area contributed by atoms with E-state index in [1.807, 2.05) is 4.52 Å². The van der Waals surface area contributed by atoms with Gasteiger partial charge in [0.1, 0.15) is 0 Å². The van der Waals surface area contributed by atoms with Crippen LogP contribution in [0.5, 0.6) is 0 Å². The fourth-order valence-corrected chi connectivity index (χ4v) is 2.76. The lowest BCUT2D eigenvalue weighted by molar-refractivity contribution is 0.876. The van der Waals surface area contributed by atoms with Crippen LogP contribution in [0.3, 0.4) is 0 Å². The van der Waals surface area contributed by atoms with Crippen molar-refractivity contribution in [2.75, 3.05) is 0 Å². The first-order valence-corrected chi connectivity index (χ1v) is 6.68. The quantitative estimate of drug-likeness (QED) is 0.768. The Morgan fingerprint density at radius 1 is 1.28 bits per heavy atom. The number of nitrogens with zero attached hydrogens (tertiary/aromatic N) is 3. The summed E-state index contributed by atoms with van der Waals surface area (Å²) in [6, 6.07) is 6.43. The molecule has 0 amide bonds. The average Bonchev–Trinajstić information content (AvgIpc) is 2.92. The SMILES string of the molecule is Cc1ccc(-c2csc3nc(CN)nn23)cc1C. The number of fused-ring (bicyclic) bond motifs is 1. The molecule has 0 atom stereocenters. The van der Waals surface area contributed by atoms with Gasteiger partial charge in [0.15, 0.2) is 5.82 Å². The van der Waals surface area contributed by atoms with Gasteiger partial charge in [-0.3, -0.25) is 0 Å². The van der Waals surface area contributed by atoms with Crippen LogP contribution >= 0.6 is 11.3 Å². The molecule has 18 heavy (non-hydrogen) atoms. The van der Waals surface area contributed by atoms with Gasteiger partial charge >= 0.3 is 0 Å². The Labute approximate surface area is 109 Å². The summed E-state index contributed by atoms with van der Waals surface area (Å²) in [6.45, 7) is 4.61. The van der Waals surface area contributed by atoms with Crippen LogP contribution in [0.25, 0.3) is 16.2 Å². The zero-order valence-corrected chi connectivity index (χ0v) is 11.2. The summed E-state index contributed by atoms with van der Waals surface area (Å²) >= 11 is 1.59. The predicted octanol–water partition coefficient (Wildman–Crippen LogP) is 2.53. The minimum Gasteiger partial charge on any atom is -0.324 e. The molecule has 92 valence electrons. The Morgan fingerprint density at radius 3 is 2.83 bits per heavy atom. The molecule has 4 nitrogen and oxygen atoms in total. The van der Waals surface area contributed by atoms with Crippen molar-refractivity contribution in [3.8, 4) is 11.3 Å². The van der Waals surface area contributed by atoms with Gasteiger partial charge in [0.2, 0.25) is 4.96 Å². The highest BCUT2D eigenvalue weighted by molar-refractivity contribution is 7.15. The van der Waals surface area contributed by atoms with E-state index < -0.39 is 0 Å². The molecule has 0 fully saturated rings. The monoisotopic (exact) mass is 258 g/mol. The summed E-state index contributed by atoms with van der Waals surface area (Å²) in [5, 5.41) is 6.49. The second kappa shape index (κ2) is 4.19. The second-order valence-electron chi connectivity index (χ2n) is 4.35. The third-order valence-corrected chi connectivity index (χ3v) is 3.93. The Balaban J connectivity index is 2.18. The molecule has 3 rings (SSSR count). The first-order chi connectivity index (χ1) is 8.69. The number of hydrogen-bond acceptors (Lipinski definition) is 4. The van der Waals surface area contributed by atoms with E-state index in [1.165, 1.54) is 11.1 Å². The van der Waals surface area contributed by atoms with Crippen molar-refractivity contribution in [1.29, 1.82) is 0 Å². The molecule has 2 N–H and O–H groups in total. The first kappa shape index (κ1) is 11.4. The molecule has 0 unspecified atom stereocenters. The minimum atomic E-state index is 0.376. The van der Waals surface area contributed by atoms with Crippen LogP contribution in [0.2, 0.25) is 0 Å². The van der Waals surface area contributed by atoms with Gasteiger partial charge in [-0.1, -0.05) is 12.1 Å². The molecule has 0 saturated heterocycles. The molecule has 0 saturated carbocycles. The molecule has 0 spiro atoms. The van der Waals surface area contributed by atoms with Crippen LogP contribution in [0.15, 0.2) is 23.6 Å². The van der Waals surface area contributed by atoms with Crippen LogP contribution in [0, 0.1) is 13.8 Å². The van der Waals surface area contributed by atoms with Gasteiger partial charge in [-0.25, -0.2) is 9.50 Å². The van der Waals surface area contributed by atoms with E-state index in [0.29, 0.717) is 12.4 Å². The van der Waals surface area contributed by atoms with Gasteiger partial charge in [0.25, 0.3) is 0 Å². The van der Waals surface area contributed by atoms with Gasteiger partial charge in [-0.05, 0) is 31.0 Å². The topological polar surface area (TPSA) is 56.2 Å². The van der Waals surface area contributed by atoms with Crippen molar-refractivity contribution in [3.05, 3.63) is 40.5 Å². The van der Waals surface area contributed by atoms with Crippen LogP contribution in [0.1, 0.15) is 17.0 Å². The third kappa shape index (κ3) is 1.72. The summed E-state index contributed by atoms with van der Waals surface area (Å²) in [7, 11) is 0. The van der Waals surface area contributed by atoms with Crippen molar-refractivity contribution >= 4 is 16.3 Å². The Bertz CT molecular complexity index is 711. The highest BCUT2D eigenvalue weighted by atomic mass is 32.1. The van der Waals surface area contributed by atoms with Crippen molar-refractivity contribution < 1.29 is 0 Å². The molecule has 0 aliphatic heterocycles. The average molecular weight is 258 g/mol. The zero-order valence-electron chi connectivity index (χ0n) is 10.3. The Morgan fingerprint density at radius 2 is 2.11 bits per heavy atom. The lowest BCUT2D eigenvalue weighted by Gasteiger charge is -2.03. The molecule has 0 aliphatic rings. The van der Waals surface area contributed by atoms with E-state index in [9.17, 15) is 0 Å². The summed E-state index contributed by atoms with van der Waals surface area (Å²) in [5.74, 6) is 0.687. The Hall–Kier alpha value is -1.72.